The molecule has 122 valence electrons. The highest BCUT2D eigenvalue weighted by Gasteiger charge is 1.99. The lowest BCUT2D eigenvalue weighted by Crippen LogP contribution is -2.21. The van der Waals surface area contributed by atoms with E-state index in [1.807, 2.05) is 6.08 Å². The molecule has 0 rings (SSSR count). The second-order valence-electron chi connectivity index (χ2n) is 5.70. The van der Waals surface area contributed by atoms with Crippen LogP contribution in [0.5, 0.6) is 0 Å². The molecule has 0 saturated heterocycles. The largest absolute Gasteiger partial charge is 0.550 e. The van der Waals surface area contributed by atoms with E-state index in [0.29, 0.717) is 25.0 Å². The summed E-state index contributed by atoms with van der Waals surface area (Å²) in [7, 11) is 0. The molecule has 0 N–H and O–H groups in total. The molecule has 0 aliphatic rings. The van der Waals surface area contributed by atoms with Gasteiger partial charge in [-0.2, -0.15) is 0 Å². The van der Waals surface area contributed by atoms with Crippen molar-refractivity contribution in [2.45, 2.75) is 90.4 Å². The lowest BCUT2D eigenvalue weighted by atomic mass is 10.1. The summed E-state index contributed by atoms with van der Waals surface area (Å²) in [5.74, 6) is -0.623. The SMILES string of the molecule is CCCCC/C=C\CC(=O)CCCCCCCCC(=O)[O-]. The fourth-order valence-corrected chi connectivity index (χ4v) is 2.25. The Labute approximate surface area is 129 Å². The molecule has 0 amide bonds. The molecule has 0 saturated carbocycles. The first-order valence-corrected chi connectivity index (χ1v) is 8.53. The molecule has 0 aliphatic heterocycles. The van der Waals surface area contributed by atoms with E-state index in [0.717, 1.165) is 38.5 Å². The molecule has 0 atom stereocenters. The zero-order valence-corrected chi connectivity index (χ0v) is 13.6. The van der Waals surface area contributed by atoms with Crippen LogP contribution in [0.3, 0.4) is 0 Å². The quantitative estimate of drug-likeness (QED) is 0.339. The lowest BCUT2D eigenvalue weighted by Gasteiger charge is -2.02. The maximum absolute atomic E-state index is 11.6. The summed E-state index contributed by atoms with van der Waals surface area (Å²) in [5.41, 5.74) is 0. The Bertz CT molecular complexity index is 295. The van der Waals surface area contributed by atoms with Crippen LogP contribution in [0.1, 0.15) is 90.4 Å². The fourth-order valence-electron chi connectivity index (χ4n) is 2.25. The Morgan fingerprint density at radius 2 is 1.43 bits per heavy atom. The average Bonchev–Trinajstić information content (AvgIpc) is 2.45. The van der Waals surface area contributed by atoms with Crippen LogP contribution in [0.4, 0.5) is 0 Å². The van der Waals surface area contributed by atoms with Gasteiger partial charge in [-0.3, -0.25) is 4.79 Å². The van der Waals surface area contributed by atoms with E-state index in [1.165, 1.54) is 19.3 Å². The molecular weight excluding hydrogens is 264 g/mol. The van der Waals surface area contributed by atoms with E-state index < -0.39 is 5.97 Å². The number of hydrogen-bond acceptors (Lipinski definition) is 3. The maximum atomic E-state index is 11.6. The Kier molecular flexibility index (Phi) is 14.5. The number of carboxylic acid groups (broad SMARTS) is 1. The average molecular weight is 295 g/mol. The van der Waals surface area contributed by atoms with Crippen molar-refractivity contribution in [3.8, 4) is 0 Å². The zero-order valence-electron chi connectivity index (χ0n) is 13.6. The molecule has 0 spiro atoms. The summed E-state index contributed by atoms with van der Waals surface area (Å²) in [6, 6.07) is 0. The molecule has 0 aromatic rings. The first-order chi connectivity index (χ1) is 10.2. The van der Waals surface area contributed by atoms with Crippen molar-refractivity contribution in [2.24, 2.45) is 0 Å². The molecule has 0 aliphatic carbocycles. The molecule has 0 fully saturated rings. The van der Waals surface area contributed by atoms with Crippen LogP contribution in [0.2, 0.25) is 0 Å². The topological polar surface area (TPSA) is 57.2 Å². The van der Waals surface area contributed by atoms with Crippen LogP contribution in [0, 0.1) is 0 Å². The van der Waals surface area contributed by atoms with Gasteiger partial charge in [0.25, 0.3) is 0 Å². The number of Topliss-reactive ketones (excluding diaryl/α,β-unsaturated/α-hetero) is 1. The number of allylic oxidation sites excluding steroid dienone is 2. The second kappa shape index (κ2) is 15.3. The van der Waals surface area contributed by atoms with Gasteiger partial charge in [0.15, 0.2) is 0 Å². The number of unbranched alkanes of at least 4 members (excludes halogenated alkanes) is 8. The van der Waals surface area contributed by atoms with Crippen LogP contribution < -0.4 is 5.11 Å². The molecule has 0 heterocycles. The number of carbonyl (C=O) groups excluding carboxylic acids is 2. The molecule has 0 radical (unpaired) electrons. The number of ketones is 1. The minimum atomic E-state index is -0.955. The summed E-state index contributed by atoms with van der Waals surface area (Å²) >= 11 is 0. The summed E-state index contributed by atoms with van der Waals surface area (Å²) in [4.78, 5) is 21.8. The van der Waals surface area contributed by atoms with Crippen LogP contribution in [0.25, 0.3) is 0 Å². The third-order valence-electron chi connectivity index (χ3n) is 3.57. The predicted molar refractivity (Wildman–Crippen MR) is 84.8 cm³/mol. The molecule has 0 bridgehead atoms. The Balaban J connectivity index is 3.28. The Morgan fingerprint density at radius 1 is 0.810 bits per heavy atom. The Hall–Kier alpha value is -1.12. The van der Waals surface area contributed by atoms with Crippen LogP contribution in [-0.4, -0.2) is 11.8 Å². The molecule has 0 unspecified atom stereocenters. The molecule has 21 heavy (non-hydrogen) atoms. The van der Waals surface area contributed by atoms with Gasteiger partial charge < -0.3 is 9.90 Å². The molecule has 0 aromatic carbocycles. The van der Waals surface area contributed by atoms with Crippen LogP contribution in [0.15, 0.2) is 12.2 Å². The number of carbonyl (C=O) groups is 2. The minimum absolute atomic E-state index is 0.170. The number of aliphatic carboxylic acids is 1. The maximum Gasteiger partial charge on any atom is 0.136 e. The third-order valence-corrected chi connectivity index (χ3v) is 3.57. The van der Waals surface area contributed by atoms with Crippen molar-refractivity contribution in [3.63, 3.8) is 0 Å². The Morgan fingerprint density at radius 3 is 2.05 bits per heavy atom. The van der Waals surface area contributed by atoms with Gasteiger partial charge in [0.2, 0.25) is 0 Å². The predicted octanol–water partition coefficient (Wildman–Crippen LogP) is 3.95. The molecule has 0 aromatic heterocycles. The molecule has 3 heteroatoms. The van der Waals surface area contributed by atoms with Gasteiger partial charge in [0.05, 0.1) is 0 Å². The van der Waals surface area contributed by atoms with Gasteiger partial charge in [-0.25, -0.2) is 0 Å². The van der Waals surface area contributed by atoms with E-state index in [2.05, 4.69) is 13.0 Å². The highest BCUT2D eigenvalue weighted by molar-refractivity contribution is 5.79. The molecular formula is C18H31O3-. The van der Waals surface area contributed by atoms with E-state index in [-0.39, 0.29) is 6.42 Å². The smallest absolute Gasteiger partial charge is 0.136 e. The lowest BCUT2D eigenvalue weighted by molar-refractivity contribution is -0.305. The minimum Gasteiger partial charge on any atom is -0.550 e. The van der Waals surface area contributed by atoms with Crippen molar-refractivity contribution >= 4 is 11.8 Å². The van der Waals surface area contributed by atoms with Crippen molar-refractivity contribution < 1.29 is 14.7 Å². The van der Waals surface area contributed by atoms with Crippen molar-refractivity contribution in [2.75, 3.05) is 0 Å². The first-order valence-electron chi connectivity index (χ1n) is 8.53. The number of hydrogen-bond donors (Lipinski definition) is 0. The second-order valence-corrected chi connectivity index (χ2v) is 5.70. The van der Waals surface area contributed by atoms with Crippen molar-refractivity contribution in [3.05, 3.63) is 12.2 Å². The van der Waals surface area contributed by atoms with Gasteiger partial charge >= 0.3 is 0 Å². The number of rotatable bonds is 15. The normalized spacial score (nSPS) is 11.1. The fraction of sp³-hybridized carbons (Fsp3) is 0.778. The molecule has 3 nitrogen and oxygen atoms in total. The van der Waals surface area contributed by atoms with Crippen LogP contribution in [-0.2, 0) is 9.59 Å². The van der Waals surface area contributed by atoms with E-state index in [1.54, 1.807) is 0 Å². The highest BCUT2D eigenvalue weighted by atomic mass is 16.4. The van der Waals surface area contributed by atoms with Crippen molar-refractivity contribution in [1.82, 2.24) is 0 Å². The van der Waals surface area contributed by atoms with Crippen LogP contribution >= 0.6 is 0 Å². The van der Waals surface area contributed by atoms with E-state index in [4.69, 9.17) is 0 Å². The van der Waals surface area contributed by atoms with Gasteiger partial charge in [-0.1, -0.05) is 57.6 Å². The summed E-state index contributed by atoms with van der Waals surface area (Å²) in [5, 5.41) is 10.2. The summed E-state index contributed by atoms with van der Waals surface area (Å²) in [6.45, 7) is 2.19. The standard InChI is InChI=1S/C18H32O3/c1-2-3-4-5-8-11-14-17(19)15-12-9-6-7-10-13-16-18(20)21/h8,11H,2-7,9-10,12-16H2,1H3,(H,20,21)/p-1/b11-8-. The number of carboxylic acids is 1. The van der Waals surface area contributed by atoms with Gasteiger partial charge in [-0.15, -0.1) is 0 Å². The van der Waals surface area contributed by atoms with Crippen molar-refractivity contribution in [1.29, 1.82) is 0 Å². The zero-order chi connectivity index (χ0) is 15.8. The highest BCUT2D eigenvalue weighted by Crippen LogP contribution is 2.09. The van der Waals surface area contributed by atoms with E-state index >= 15 is 0 Å². The summed E-state index contributed by atoms with van der Waals surface area (Å²) in [6.07, 6.45) is 16.2. The third kappa shape index (κ3) is 16.8. The van der Waals surface area contributed by atoms with Gasteiger partial charge in [0.1, 0.15) is 5.78 Å². The van der Waals surface area contributed by atoms with Gasteiger partial charge in [0, 0.05) is 18.8 Å². The summed E-state index contributed by atoms with van der Waals surface area (Å²) < 4.78 is 0. The first kappa shape index (κ1) is 19.9. The van der Waals surface area contributed by atoms with E-state index in [9.17, 15) is 14.7 Å². The van der Waals surface area contributed by atoms with Gasteiger partial charge in [-0.05, 0) is 32.1 Å². The monoisotopic (exact) mass is 295 g/mol.